The van der Waals surface area contributed by atoms with Gasteiger partial charge in [0.2, 0.25) is 5.91 Å². The van der Waals surface area contributed by atoms with Crippen LogP contribution in [0.4, 0.5) is 15.8 Å². The second kappa shape index (κ2) is 7.97. The van der Waals surface area contributed by atoms with Crippen LogP contribution in [0.15, 0.2) is 36.4 Å². The monoisotopic (exact) mass is 334 g/mol. The summed E-state index contributed by atoms with van der Waals surface area (Å²) in [5.74, 6) is -0.517. The molecule has 0 saturated carbocycles. The number of anilines is 2. The summed E-state index contributed by atoms with van der Waals surface area (Å²) in [6.45, 7) is 4.49. The van der Waals surface area contributed by atoms with Gasteiger partial charge in [-0.05, 0) is 42.7 Å². The van der Waals surface area contributed by atoms with Crippen molar-refractivity contribution in [2.24, 2.45) is 0 Å². The Kier molecular flexibility index (Phi) is 5.99. The van der Waals surface area contributed by atoms with E-state index >= 15 is 0 Å². The number of hydrogen-bond acceptors (Lipinski definition) is 2. The number of rotatable bonds is 6. The molecule has 0 heterocycles. The Hall–Kier alpha value is -2.07. The number of amides is 1. The third-order valence-electron chi connectivity index (χ3n) is 3.61. The standard InChI is InChI=1S/C18H20ClFN2O/c1-3-13-6-4-5-12(2)18(13)22-17(23)9-10-21-14-7-8-16(20)15(19)11-14/h4-8,11,21H,3,9-10H2,1-2H3,(H,22,23). The van der Waals surface area contributed by atoms with Crippen LogP contribution in [0, 0.1) is 12.7 Å². The lowest BCUT2D eigenvalue weighted by molar-refractivity contribution is -0.115. The van der Waals surface area contributed by atoms with Crippen molar-refractivity contribution < 1.29 is 9.18 Å². The topological polar surface area (TPSA) is 41.1 Å². The van der Waals surface area contributed by atoms with Gasteiger partial charge in [-0.2, -0.15) is 0 Å². The van der Waals surface area contributed by atoms with Gasteiger partial charge in [0.1, 0.15) is 5.82 Å². The van der Waals surface area contributed by atoms with Crippen molar-refractivity contribution in [2.45, 2.75) is 26.7 Å². The van der Waals surface area contributed by atoms with Crippen molar-refractivity contribution in [3.8, 4) is 0 Å². The van der Waals surface area contributed by atoms with Crippen LogP contribution in [0.5, 0.6) is 0 Å². The predicted octanol–water partition coefficient (Wildman–Crippen LogP) is 4.79. The molecule has 0 bridgehead atoms. The lowest BCUT2D eigenvalue weighted by Gasteiger charge is -2.13. The molecule has 0 aliphatic heterocycles. The van der Waals surface area contributed by atoms with Gasteiger partial charge < -0.3 is 10.6 Å². The van der Waals surface area contributed by atoms with Crippen LogP contribution in [0.2, 0.25) is 5.02 Å². The third-order valence-corrected chi connectivity index (χ3v) is 3.89. The maximum Gasteiger partial charge on any atom is 0.226 e. The number of benzene rings is 2. The summed E-state index contributed by atoms with van der Waals surface area (Å²) >= 11 is 5.72. The zero-order valence-corrected chi connectivity index (χ0v) is 14.0. The average Bonchev–Trinajstić information content (AvgIpc) is 2.53. The molecule has 0 atom stereocenters. The summed E-state index contributed by atoms with van der Waals surface area (Å²) in [7, 11) is 0. The largest absolute Gasteiger partial charge is 0.384 e. The molecular formula is C18H20ClFN2O. The molecule has 5 heteroatoms. The van der Waals surface area contributed by atoms with Crippen LogP contribution in [-0.4, -0.2) is 12.5 Å². The normalized spacial score (nSPS) is 10.4. The average molecular weight is 335 g/mol. The number of nitrogens with one attached hydrogen (secondary N) is 2. The van der Waals surface area contributed by atoms with Crippen molar-refractivity contribution in [1.82, 2.24) is 0 Å². The first-order valence-corrected chi connectivity index (χ1v) is 7.96. The van der Waals surface area contributed by atoms with E-state index < -0.39 is 5.82 Å². The third kappa shape index (κ3) is 4.70. The lowest BCUT2D eigenvalue weighted by atomic mass is 10.1. The molecule has 2 aromatic carbocycles. The number of halogens is 2. The molecule has 2 N–H and O–H groups in total. The SMILES string of the molecule is CCc1cccc(C)c1NC(=O)CCNc1ccc(F)c(Cl)c1. The van der Waals surface area contributed by atoms with E-state index in [0.717, 1.165) is 23.2 Å². The summed E-state index contributed by atoms with van der Waals surface area (Å²) < 4.78 is 13.1. The van der Waals surface area contributed by atoms with Gasteiger partial charge in [-0.3, -0.25) is 4.79 Å². The number of aryl methyl sites for hydroxylation is 2. The summed E-state index contributed by atoms with van der Waals surface area (Å²) in [6, 6.07) is 10.4. The molecule has 2 aromatic rings. The van der Waals surface area contributed by atoms with Gasteiger partial charge in [0.25, 0.3) is 0 Å². The van der Waals surface area contributed by atoms with E-state index in [2.05, 4.69) is 17.6 Å². The fraction of sp³-hybridized carbons (Fsp3) is 0.278. The van der Waals surface area contributed by atoms with Gasteiger partial charge in [0.05, 0.1) is 5.02 Å². The number of carbonyl (C=O) groups excluding carboxylic acids is 1. The molecule has 0 radical (unpaired) electrons. The minimum absolute atomic E-state index is 0.0605. The Morgan fingerprint density at radius 2 is 2.04 bits per heavy atom. The molecule has 0 aliphatic carbocycles. The highest BCUT2D eigenvalue weighted by molar-refractivity contribution is 6.31. The van der Waals surface area contributed by atoms with Crippen LogP contribution >= 0.6 is 11.6 Å². The summed E-state index contributed by atoms with van der Waals surface area (Å²) in [5, 5.41) is 6.09. The Balaban J connectivity index is 1.89. The van der Waals surface area contributed by atoms with Gasteiger partial charge in [-0.1, -0.05) is 36.7 Å². The fourth-order valence-corrected chi connectivity index (χ4v) is 2.51. The van der Waals surface area contributed by atoms with Crippen molar-refractivity contribution >= 4 is 28.9 Å². The Labute approximate surface area is 140 Å². The Morgan fingerprint density at radius 3 is 2.74 bits per heavy atom. The molecule has 3 nitrogen and oxygen atoms in total. The van der Waals surface area contributed by atoms with E-state index in [1.165, 1.54) is 12.1 Å². The van der Waals surface area contributed by atoms with E-state index in [0.29, 0.717) is 18.7 Å². The van der Waals surface area contributed by atoms with Gasteiger partial charge in [-0.15, -0.1) is 0 Å². The first-order chi connectivity index (χ1) is 11.0. The molecule has 23 heavy (non-hydrogen) atoms. The van der Waals surface area contributed by atoms with E-state index in [1.54, 1.807) is 6.07 Å². The number of hydrogen-bond donors (Lipinski definition) is 2. The molecule has 0 fully saturated rings. The zero-order valence-electron chi connectivity index (χ0n) is 13.2. The molecule has 0 saturated heterocycles. The van der Waals surface area contributed by atoms with Crippen LogP contribution in [0.25, 0.3) is 0 Å². The van der Waals surface area contributed by atoms with Crippen molar-refractivity contribution in [1.29, 1.82) is 0 Å². The molecule has 0 aromatic heterocycles. The maximum absolute atomic E-state index is 13.1. The molecule has 1 amide bonds. The van der Waals surface area contributed by atoms with Crippen molar-refractivity contribution in [3.05, 3.63) is 58.4 Å². The molecule has 0 aliphatic rings. The number of para-hydroxylation sites is 1. The molecule has 0 unspecified atom stereocenters. The molecule has 122 valence electrons. The van der Waals surface area contributed by atoms with E-state index in [4.69, 9.17) is 11.6 Å². The second-order valence-corrected chi connectivity index (χ2v) is 5.72. The first-order valence-electron chi connectivity index (χ1n) is 7.58. The molecule has 2 rings (SSSR count). The van der Waals surface area contributed by atoms with E-state index in [-0.39, 0.29) is 10.9 Å². The second-order valence-electron chi connectivity index (χ2n) is 5.32. The quantitative estimate of drug-likeness (QED) is 0.797. The van der Waals surface area contributed by atoms with Crippen LogP contribution in [-0.2, 0) is 11.2 Å². The highest BCUT2D eigenvalue weighted by atomic mass is 35.5. The van der Waals surface area contributed by atoms with Crippen LogP contribution in [0.1, 0.15) is 24.5 Å². The number of carbonyl (C=O) groups is 1. The van der Waals surface area contributed by atoms with Gasteiger partial charge in [-0.25, -0.2) is 4.39 Å². The summed E-state index contributed by atoms with van der Waals surface area (Å²) in [5.41, 5.74) is 3.76. The minimum atomic E-state index is -0.457. The predicted molar refractivity (Wildman–Crippen MR) is 93.7 cm³/mol. The molecular weight excluding hydrogens is 315 g/mol. The fourth-order valence-electron chi connectivity index (χ4n) is 2.33. The van der Waals surface area contributed by atoms with Crippen molar-refractivity contribution in [2.75, 3.05) is 17.2 Å². The van der Waals surface area contributed by atoms with Crippen LogP contribution in [0.3, 0.4) is 0 Å². The molecule has 0 spiro atoms. The Bertz CT molecular complexity index is 703. The minimum Gasteiger partial charge on any atom is -0.384 e. The Morgan fingerprint density at radius 1 is 1.26 bits per heavy atom. The van der Waals surface area contributed by atoms with Gasteiger partial charge in [0.15, 0.2) is 0 Å². The maximum atomic E-state index is 13.1. The first kappa shape index (κ1) is 17.3. The zero-order chi connectivity index (χ0) is 16.8. The van der Waals surface area contributed by atoms with E-state index in [9.17, 15) is 9.18 Å². The summed E-state index contributed by atoms with van der Waals surface area (Å²) in [4.78, 5) is 12.1. The van der Waals surface area contributed by atoms with Crippen LogP contribution < -0.4 is 10.6 Å². The highest BCUT2D eigenvalue weighted by Crippen LogP contribution is 2.21. The smallest absolute Gasteiger partial charge is 0.226 e. The van der Waals surface area contributed by atoms with Gasteiger partial charge >= 0.3 is 0 Å². The summed E-state index contributed by atoms with van der Waals surface area (Å²) in [6.07, 6.45) is 1.18. The van der Waals surface area contributed by atoms with E-state index in [1.807, 2.05) is 25.1 Å². The lowest BCUT2D eigenvalue weighted by Crippen LogP contribution is -2.17. The van der Waals surface area contributed by atoms with Gasteiger partial charge in [0, 0.05) is 24.3 Å². The van der Waals surface area contributed by atoms with Crippen molar-refractivity contribution in [3.63, 3.8) is 0 Å². The highest BCUT2D eigenvalue weighted by Gasteiger charge is 2.08.